The average molecular weight is 282 g/mol. The summed E-state index contributed by atoms with van der Waals surface area (Å²) in [7, 11) is 3.76. The van der Waals surface area contributed by atoms with Gasteiger partial charge in [-0.15, -0.1) is 11.3 Å². The minimum absolute atomic E-state index is 0.0180. The molecule has 2 rings (SSSR count). The van der Waals surface area contributed by atoms with Gasteiger partial charge in [-0.1, -0.05) is 0 Å². The van der Waals surface area contributed by atoms with Gasteiger partial charge < -0.3 is 15.0 Å². The highest BCUT2D eigenvalue weighted by atomic mass is 32.1. The van der Waals surface area contributed by atoms with Crippen molar-refractivity contribution in [3.05, 3.63) is 15.8 Å². The van der Waals surface area contributed by atoms with Gasteiger partial charge in [0, 0.05) is 17.5 Å². The zero-order valence-electron chi connectivity index (χ0n) is 11.9. The SMILES string of the molecule is COc1cc(C)sc1C(=O)NCC[C@H]1CCCN1C. The highest BCUT2D eigenvalue weighted by Gasteiger charge is 2.21. The standard InChI is InChI=1S/C14H22N2O2S/c1-10-9-12(18-3)13(19-10)14(17)15-7-6-11-5-4-8-16(11)2/h9,11H,4-8H2,1-3H3,(H,15,17)/t11-/m1/s1. The van der Waals surface area contributed by atoms with E-state index in [4.69, 9.17) is 4.74 Å². The van der Waals surface area contributed by atoms with Crippen LogP contribution >= 0.6 is 11.3 Å². The third-order valence-electron chi connectivity index (χ3n) is 3.68. The zero-order valence-corrected chi connectivity index (χ0v) is 12.7. The number of carbonyl (C=O) groups is 1. The Hall–Kier alpha value is -1.07. The number of ether oxygens (including phenoxy) is 1. The van der Waals surface area contributed by atoms with E-state index in [1.54, 1.807) is 7.11 Å². The number of nitrogens with one attached hydrogen (secondary N) is 1. The van der Waals surface area contributed by atoms with Gasteiger partial charge in [0.15, 0.2) is 0 Å². The van der Waals surface area contributed by atoms with Crippen molar-refractivity contribution in [2.24, 2.45) is 0 Å². The number of carbonyl (C=O) groups excluding carboxylic acids is 1. The predicted octanol–water partition coefficient (Wildman–Crippen LogP) is 2.28. The highest BCUT2D eigenvalue weighted by molar-refractivity contribution is 7.14. The van der Waals surface area contributed by atoms with Crippen molar-refractivity contribution in [2.45, 2.75) is 32.2 Å². The molecular formula is C14H22N2O2S. The van der Waals surface area contributed by atoms with Gasteiger partial charge in [0.05, 0.1) is 7.11 Å². The Bertz CT molecular complexity index is 445. The first-order chi connectivity index (χ1) is 9.11. The number of rotatable bonds is 5. The number of likely N-dealkylation sites (tertiary alicyclic amines) is 1. The number of thiophene rings is 1. The van der Waals surface area contributed by atoms with Crippen molar-refractivity contribution < 1.29 is 9.53 Å². The van der Waals surface area contributed by atoms with E-state index < -0.39 is 0 Å². The second kappa shape index (κ2) is 6.39. The second-order valence-corrected chi connectivity index (χ2v) is 6.33. The molecule has 1 saturated heterocycles. The van der Waals surface area contributed by atoms with E-state index in [2.05, 4.69) is 17.3 Å². The Morgan fingerprint density at radius 3 is 3.05 bits per heavy atom. The van der Waals surface area contributed by atoms with E-state index in [9.17, 15) is 4.79 Å². The lowest BCUT2D eigenvalue weighted by atomic mass is 10.1. The molecule has 1 aliphatic heterocycles. The van der Waals surface area contributed by atoms with Gasteiger partial charge in [0.2, 0.25) is 0 Å². The molecule has 1 N–H and O–H groups in total. The topological polar surface area (TPSA) is 41.6 Å². The smallest absolute Gasteiger partial charge is 0.265 e. The van der Waals surface area contributed by atoms with Gasteiger partial charge in [-0.05, 0) is 45.8 Å². The number of nitrogens with zero attached hydrogens (tertiary/aromatic N) is 1. The fourth-order valence-corrected chi connectivity index (χ4v) is 3.47. The monoisotopic (exact) mass is 282 g/mol. The summed E-state index contributed by atoms with van der Waals surface area (Å²) in [5, 5.41) is 3.00. The van der Waals surface area contributed by atoms with E-state index in [0.717, 1.165) is 17.8 Å². The van der Waals surface area contributed by atoms with Gasteiger partial charge in [0.1, 0.15) is 10.6 Å². The first-order valence-corrected chi connectivity index (χ1v) is 7.56. The van der Waals surface area contributed by atoms with Crippen LogP contribution in [0.4, 0.5) is 0 Å². The van der Waals surface area contributed by atoms with E-state index >= 15 is 0 Å². The fraction of sp³-hybridized carbons (Fsp3) is 0.643. The lowest BCUT2D eigenvalue weighted by molar-refractivity contribution is 0.0951. The van der Waals surface area contributed by atoms with Crippen LogP contribution in [0.2, 0.25) is 0 Å². The summed E-state index contributed by atoms with van der Waals surface area (Å²) >= 11 is 1.48. The van der Waals surface area contributed by atoms with Crippen LogP contribution in [0, 0.1) is 6.92 Å². The molecular weight excluding hydrogens is 260 g/mol. The van der Waals surface area contributed by atoms with Crippen LogP contribution in [0.5, 0.6) is 5.75 Å². The van der Waals surface area contributed by atoms with Gasteiger partial charge in [-0.2, -0.15) is 0 Å². The third-order valence-corrected chi connectivity index (χ3v) is 4.71. The molecule has 1 atom stereocenters. The summed E-state index contributed by atoms with van der Waals surface area (Å²) in [4.78, 5) is 16.3. The Balaban J connectivity index is 1.83. The quantitative estimate of drug-likeness (QED) is 0.901. The fourth-order valence-electron chi connectivity index (χ4n) is 2.58. The Morgan fingerprint density at radius 2 is 2.42 bits per heavy atom. The molecule has 5 heteroatoms. The zero-order chi connectivity index (χ0) is 13.8. The van der Waals surface area contributed by atoms with Crippen LogP contribution in [-0.4, -0.2) is 44.1 Å². The number of hydrogen-bond donors (Lipinski definition) is 1. The van der Waals surface area contributed by atoms with Crippen molar-refractivity contribution in [3.8, 4) is 5.75 Å². The Morgan fingerprint density at radius 1 is 1.63 bits per heavy atom. The molecule has 2 heterocycles. The number of hydrogen-bond acceptors (Lipinski definition) is 4. The summed E-state index contributed by atoms with van der Waals surface area (Å²) in [6.07, 6.45) is 3.54. The van der Waals surface area contributed by atoms with Crippen LogP contribution < -0.4 is 10.1 Å². The van der Waals surface area contributed by atoms with Crippen LogP contribution in [0.3, 0.4) is 0 Å². The lowest BCUT2D eigenvalue weighted by Crippen LogP contribution is -2.31. The maximum absolute atomic E-state index is 12.1. The highest BCUT2D eigenvalue weighted by Crippen LogP contribution is 2.28. The molecule has 1 aromatic heterocycles. The minimum Gasteiger partial charge on any atom is -0.495 e. The number of amides is 1. The molecule has 0 radical (unpaired) electrons. The van der Waals surface area contributed by atoms with Crippen LogP contribution in [0.25, 0.3) is 0 Å². The van der Waals surface area contributed by atoms with E-state index in [-0.39, 0.29) is 5.91 Å². The maximum Gasteiger partial charge on any atom is 0.265 e. The molecule has 0 aliphatic carbocycles. The molecule has 0 aromatic carbocycles. The first-order valence-electron chi connectivity index (χ1n) is 6.74. The number of aryl methyl sites for hydroxylation is 1. The summed E-state index contributed by atoms with van der Waals surface area (Å²) < 4.78 is 5.23. The van der Waals surface area contributed by atoms with Gasteiger partial charge in [0.25, 0.3) is 5.91 Å². The van der Waals surface area contributed by atoms with E-state index in [1.165, 1.54) is 30.7 Å². The molecule has 4 nitrogen and oxygen atoms in total. The molecule has 0 spiro atoms. The molecule has 106 valence electrons. The normalized spacial score (nSPS) is 19.6. The average Bonchev–Trinajstić information content (AvgIpc) is 2.95. The summed E-state index contributed by atoms with van der Waals surface area (Å²) in [5.74, 6) is 0.661. The van der Waals surface area contributed by atoms with Crippen LogP contribution in [0.1, 0.15) is 33.8 Å². The van der Waals surface area contributed by atoms with Gasteiger partial charge in [-0.25, -0.2) is 0 Å². The molecule has 1 amide bonds. The molecule has 1 aromatic rings. The van der Waals surface area contributed by atoms with Crippen molar-refractivity contribution in [2.75, 3.05) is 27.2 Å². The molecule has 0 bridgehead atoms. The predicted molar refractivity (Wildman–Crippen MR) is 78.2 cm³/mol. The van der Waals surface area contributed by atoms with E-state index in [0.29, 0.717) is 16.7 Å². The molecule has 0 unspecified atom stereocenters. The molecule has 1 aliphatic rings. The Kier molecular flexibility index (Phi) is 4.82. The van der Waals surface area contributed by atoms with Gasteiger partial charge in [-0.3, -0.25) is 4.79 Å². The molecule has 0 saturated carbocycles. The minimum atomic E-state index is -0.0180. The van der Waals surface area contributed by atoms with Crippen molar-refractivity contribution in [1.82, 2.24) is 10.2 Å². The maximum atomic E-state index is 12.1. The second-order valence-electron chi connectivity index (χ2n) is 5.08. The van der Waals surface area contributed by atoms with Crippen molar-refractivity contribution in [1.29, 1.82) is 0 Å². The number of methoxy groups -OCH3 is 1. The summed E-state index contributed by atoms with van der Waals surface area (Å²) in [6, 6.07) is 2.52. The lowest BCUT2D eigenvalue weighted by Gasteiger charge is -2.19. The van der Waals surface area contributed by atoms with Crippen LogP contribution in [0.15, 0.2) is 6.07 Å². The molecule has 1 fully saturated rings. The Labute approximate surface area is 118 Å². The largest absolute Gasteiger partial charge is 0.495 e. The van der Waals surface area contributed by atoms with Crippen molar-refractivity contribution >= 4 is 17.2 Å². The van der Waals surface area contributed by atoms with E-state index in [1.807, 2.05) is 13.0 Å². The summed E-state index contributed by atoms with van der Waals surface area (Å²) in [6.45, 7) is 3.89. The van der Waals surface area contributed by atoms with Crippen molar-refractivity contribution in [3.63, 3.8) is 0 Å². The van der Waals surface area contributed by atoms with Crippen LogP contribution in [-0.2, 0) is 0 Å². The summed E-state index contributed by atoms with van der Waals surface area (Å²) in [5.41, 5.74) is 0. The first kappa shape index (κ1) is 14.3. The third kappa shape index (κ3) is 3.48. The van der Waals surface area contributed by atoms with Gasteiger partial charge >= 0.3 is 0 Å². The molecule has 19 heavy (non-hydrogen) atoms.